The minimum Gasteiger partial charge on any atom is -0.406 e. The number of benzene rings is 2. The maximum Gasteiger partial charge on any atom is 0.573 e. The number of hydrogen-bond donors (Lipinski definition) is 1. The lowest BCUT2D eigenvalue weighted by Gasteiger charge is -2.23. The number of fused-ring (bicyclic) bond motifs is 1. The molecule has 0 aromatic heterocycles. The summed E-state index contributed by atoms with van der Waals surface area (Å²) in [4.78, 5) is 27.4. The lowest BCUT2D eigenvalue weighted by atomic mass is 9.97. The Bertz CT molecular complexity index is 1320. The molecule has 2 amide bonds. The monoisotopic (exact) mass is 547 g/mol. The van der Waals surface area contributed by atoms with E-state index in [4.69, 9.17) is 5.14 Å². The van der Waals surface area contributed by atoms with Gasteiger partial charge in [0.15, 0.2) is 5.67 Å². The Labute approximate surface area is 208 Å². The van der Waals surface area contributed by atoms with E-state index in [1.54, 1.807) is 0 Å². The molecule has 0 spiro atoms. The van der Waals surface area contributed by atoms with Gasteiger partial charge >= 0.3 is 6.36 Å². The van der Waals surface area contributed by atoms with E-state index in [1.807, 2.05) is 0 Å². The average molecular weight is 548 g/mol. The van der Waals surface area contributed by atoms with Gasteiger partial charge in [-0.05, 0) is 42.3 Å². The van der Waals surface area contributed by atoms with Crippen LogP contribution in [-0.4, -0.2) is 68.2 Å². The van der Waals surface area contributed by atoms with Gasteiger partial charge in [-0.3, -0.25) is 9.59 Å². The summed E-state index contributed by atoms with van der Waals surface area (Å²) in [6, 6.07) is 7.69. The van der Waals surface area contributed by atoms with E-state index in [-0.39, 0.29) is 50.7 Å². The number of carbonyl (C=O) groups is 2. The number of halogens is 5. The molecule has 0 saturated carbocycles. The van der Waals surface area contributed by atoms with Crippen molar-refractivity contribution in [1.82, 2.24) is 9.80 Å². The molecule has 2 N–H and O–H groups in total. The fraction of sp³-hybridized carbons (Fsp3) is 0.391. The number of carbonyl (C=O) groups excluding carboxylic acids is 2. The number of ether oxygens (including phenoxy) is 1. The fourth-order valence-corrected chi connectivity index (χ4v) is 5.14. The molecular weight excluding hydrogens is 525 g/mol. The summed E-state index contributed by atoms with van der Waals surface area (Å²) in [5.74, 6) is -3.32. The Balaban J connectivity index is 1.32. The van der Waals surface area contributed by atoms with Crippen LogP contribution in [0, 0.1) is 11.7 Å². The Morgan fingerprint density at radius 1 is 1.05 bits per heavy atom. The molecule has 2 aliphatic rings. The second kappa shape index (κ2) is 9.56. The number of aryl methyl sites for hydroxylation is 1. The largest absolute Gasteiger partial charge is 0.573 e. The lowest BCUT2D eigenvalue weighted by molar-refractivity contribution is -0.274. The van der Waals surface area contributed by atoms with Crippen LogP contribution in [-0.2, 0) is 21.2 Å². The molecule has 2 heterocycles. The summed E-state index contributed by atoms with van der Waals surface area (Å²) in [7, 11) is -4.16. The number of likely N-dealkylation sites (tertiary alicyclic amines) is 2. The molecule has 0 bridgehead atoms. The Morgan fingerprint density at radius 2 is 1.68 bits per heavy atom. The number of alkyl halides is 4. The third-order valence-electron chi connectivity index (χ3n) is 6.44. The molecule has 2 aliphatic heterocycles. The van der Waals surface area contributed by atoms with Crippen molar-refractivity contribution in [2.45, 2.75) is 29.8 Å². The first-order chi connectivity index (χ1) is 17.1. The fourth-order valence-electron chi connectivity index (χ4n) is 4.62. The van der Waals surface area contributed by atoms with Crippen molar-refractivity contribution in [1.29, 1.82) is 0 Å². The standard InChI is InChI=1S/C23H22F5N3O5S/c24-19-9-17(37(29,34)35)6-7-18(19)21(33)31-11-15-10-30(12-22(15,25)13-31)20(32)8-3-14-1-4-16(5-2-14)36-23(26,27)28/h1-2,4-7,9,15H,3,8,10-13H2,(H2,29,34,35)/t15-,22+/m0/s1. The van der Waals surface area contributed by atoms with Gasteiger partial charge in [-0.15, -0.1) is 13.2 Å². The zero-order chi connectivity index (χ0) is 27.2. The number of nitrogens with zero attached hydrogens (tertiary/aromatic N) is 2. The van der Waals surface area contributed by atoms with Crippen molar-refractivity contribution in [3.05, 3.63) is 59.4 Å². The molecule has 2 aromatic carbocycles. The highest BCUT2D eigenvalue weighted by Crippen LogP contribution is 2.39. The molecule has 2 saturated heterocycles. The molecule has 8 nitrogen and oxygen atoms in total. The van der Waals surface area contributed by atoms with E-state index >= 15 is 4.39 Å². The third kappa shape index (κ3) is 6.01. The van der Waals surface area contributed by atoms with Crippen LogP contribution in [0.2, 0.25) is 0 Å². The molecule has 2 aromatic rings. The number of hydrogen-bond acceptors (Lipinski definition) is 5. The van der Waals surface area contributed by atoms with E-state index in [0.717, 1.165) is 29.2 Å². The second-order valence-corrected chi connectivity index (χ2v) is 10.6. The Kier molecular flexibility index (Phi) is 6.92. The zero-order valence-electron chi connectivity index (χ0n) is 19.2. The quantitative estimate of drug-likeness (QED) is 0.560. The van der Waals surface area contributed by atoms with Crippen LogP contribution in [0.1, 0.15) is 22.3 Å². The van der Waals surface area contributed by atoms with Crippen LogP contribution >= 0.6 is 0 Å². The van der Waals surface area contributed by atoms with Crippen molar-refractivity contribution in [2.75, 3.05) is 26.2 Å². The predicted molar refractivity (Wildman–Crippen MR) is 119 cm³/mol. The second-order valence-electron chi connectivity index (χ2n) is 9.07. The molecular formula is C23H22F5N3O5S. The molecule has 2 fully saturated rings. The summed E-state index contributed by atoms with van der Waals surface area (Å²) >= 11 is 0. The lowest BCUT2D eigenvalue weighted by Crippen LogP contribution is -2.40. The van der Waals surface area contributed by atoms with Gasteiger partial charge in [0.05, 0.1) is 23.5 Å². The minimum atomic E-state index is -4.81. The van der Waals surface area contributed by atoms with Gasteiger partial charge in [-0.2, -0.15) is 0 Å². The van der Waals surface area contributed by atoms with Gasteiger partial charge in [-0.1, -0.05) is 12.1 Å². The summed E-state index contributed by atoms with van der Waals surface area (Å²) in [5, 5.41) is 4.96. The van der Waals surface area contributed by atoms with Gasteiger partial charge in [-0.25, -0.2) is 22.3 Å². The van der Waals surface area contributed by atoms with E-state index in [9.17, 15) is 35.6 Å². The van der Waals surface area contributed by atoms with Crippen LogP contribution in [0.4, 0.5) is 22.0 Å². The molecule has 0 unspecified atom stereocenters. The maximum absolute atomic E-state index is 15.6. The molecule has 14 heteroatoms. The third-order valence-corrected chi connectivity index (χ3v) is 7.36. The van der Waals surface area contributed by atoms with Gasteiger partial charge in [0, 0.05) is 25.4 Å². The SMILES string of the molecule is NS(=O)(=O)c1ccc(C(=O)N2C[C@@H]3CN(C(=O)CCc4ccc(OC(F)(F)F)cc4)C[C@@]3(F)C2)c(F)c1. The van der Waals surface area contributed by atoms with Crippen LogP contribution in [0.5, 0.6) is 5.75 Å². The first-order valence-electron chi connectivity index (χ1n) is 11.1. The summed E-state index contributed by atoms with van der Waals surface area (Å²) in [5.41, 5.74) is -1.71. The van der Waals surface area contributed by atoms with Crippen LogP contribution in [0.25, 0.3) is 0 Å². The van der Waals surface area contributed by atoms with Crippen LogP contribution in [0.15, 0.2) is 47.4 Å². The highest BCUT2D eigenvalue weighted by Gasteiger charge is 2.55. The first-order valence-corrected chi connectivity index (χ1v) is 12.6. The van der Waals surface area contributed by atoms with E-state index in [1.165, 1.54) is 17.0 Å². The van der Waals surface area contributed by atoms with E-state index in [0.29, 0.717) is 11.6 Å². The highest BCUT2D eigenvalue weighted by atomic mass is 32.2. The number of rotatable bonds is 6. The first kappa shape index (κ1) is 26.8. The van der Waals surface area contributed by atoms with E-state index in [2.05, 4.69) is 4.74 Å². The summed E-state index contributed by atoms with van der Waals surface area (Å²) < 4.78 is 93.3. The predicted octanol–water partition coefficient (Wildman–Crippen LogP) is 2.63. The van der Waals surface area contributed by atoms with Gasteiger partial charge in [0.25, 0.3) is 5.91 Å². The topological polar surface area (TPSA) is 110 Å². The highest BCUT2D eigenvalue weighted by molar-refractivity contribution is 7.89. The molecule has 2 atom stereocenters. The molecule has 200 valence electrons. The average Bonchev–Trinajstić information content (AvgIpc) is 3.28. The zero-order valence-corrected chi connectivity index (χ0v) is 20.0. The molecule has 4 rings (SSSR count). The van der Waals surface area contributed by atoms with Crippen LogP contribution < -0.4 is 9.88 Å². The number of primary sulfonamides is 1. The smallest absolute Gasteiger partial charge is 0.406 e. The number of amides is 2. The van der Waals surface area contributed by atoms with E-state index < -0.39 is 50.2 Å². The van der Waals surface area contributed by atoms with Crippen LogP contribution in [0.3, 0.4) is 0 Å². The molecule has 0 radical (unpaired) electrons. The van der Waals surface area contributed by atoms with Crippen molar-refractivity contribution < 1.29 is 44.7 Å². The minimum absolute atomic E-state index is 0.00648. The van der Waals surface area contributed by atoms with Gasteiger partial charge in [0.2, 0.25) is 15.9 Å². The maximum atomic E-state index is 15.6. The normalized spacial score (nSPS) is 21.7. The summed E-state index contributed by atoms with van der Waals surface area (Å²) in [6.45, 7) is -0.636. The van der Waals surface area contributed by atoms with Crippen molar-refractivity contribution in [2.24, 2.45) is 11.1 Å². The van der Waals surface area contributed by atoms with Crippen molar-refractivity contribution in [3.63, 3.8) is 0 Å². The van der Waals surface area contributed by atoms with Crippen molar-refractivity contribution >= 4 is 21.8 Å². The van der Waals surface area contributed by atoms with Gasteiger partial charge in [0.1, 0.15) is 11.6 Å². The van der Waals surface area contributed by atoms with Gasteiger partial charge < -0.3 is 14.5 Å². The number of sulfonamides is 1. The molecule has 37 heavy (non-hydrogen) atoms. The molecule has 0 aliphatic carbocycles. The Hall–Kier alpha value is -3.26. The van der Waals surface area contributed by atoms with Crippen molar-refractivity contribution in [3.8, 4) is 5.75 Å². The Morgan fingerprint density at radius 3 is 2.24 bits per heavy atom. The summed E-state index contributed by atoms with van der Waals surface area (Å²) in [6.07, 6.45) is -4.57. The number of nitrogens with two attached hydrogens (primary N) is 1.